The van der Waals surface area contributed by atoms with Crippen molar-refractivity contribution >= 4 is 43.6 Å². The zero-order valence-electron chi connectivity index (χ0n) is 28.4. The third-order valence-corrected chi connectivity index (χ3v) is 9.82. The summed E-state index contributed by atoms with van der Waals surface area (Å²) in [6.45, 7) is 7.85. The molecule has 2 aromatic heterocycles. The molecule has 0 atom stereocenters. The molecule has 3 nitrogen and oxygen atoms in total. The molecule has 0 saturated heterocycles. The molecule has 0 N–H and O–H groups in total. The summed E-state index contributed by atoms with van der Waals surface area (Å²) in [4.78, 5) is 0. The second-order valence-electron chi connectivity index (χ2n) is 13.5. The number of nitriles is 1. The molecular weight excluding hydrogens is 672 g/mol. The SMILES string of the molecule is Cc1ccc2c3ccc(C)cc3n(-c3cc(C#N)c(-c4ccc(C(F)(F)F)cc4C(F)(F)F)cc3-n3c4cc(C)ccc4c4ccc(C)cc43)c2c1. The van der Waals surface area contributed by atoms with Crippen LogP contribution in [-0.2, 0) is 12.4 Å². The molecule has 0 fully saturated rings. The van der Waals surface area contributed by atoms with Gasteiger partial charge < -0.3 is 9.13 Å². The van der Waals surface area contributed by atoms with E-state index in [2.05, 4.69) is 6.07 Å². The average Bonchev–Trinajstić information content (AvgIpc) is 3.56. The van der Waals surface area contributed by atoms with Gasteiger partial charge in [-0.05, 0) is 104 Å². The summed E-state index contributed by atoms with van der Waals surface area (Å²) in [5.74, 6) is 0. The fourth-order valence-corrected chi connectivity index (χ4v) is 7.44. The van der Waals surface area contributed by atoms with Gasteiger partial charge in [-0.25, -0.2) is 0 Å². The smallest absolute Gasteiger partial charge is 0.307 e. The Kier molecular flexibility index (Phi) is 7.33. The molecule has 8 rings (SSSR count). The molecule has 258 valence electrons. The van der Waals surface area contributed by atoms with Gasteiger partial charge in [-0.2, -0.15) is 31.6 Å². The van der Waals surface area contributed by atoms with E-state index in [-0.39, 0.29) is 17.2 Å². The van der Waals surface area contributed by atoms with E-state index in [9.17, 15) is 31.6 Å². The predicted octanol–water partition coefficient (Wildman–Crippen LogP) is 12.7. The van der Waals surface area contributed by atoms with Crippen molar-refractivity contribution in [3.05, 3.63) is 142 Å². The van der Waals surface area contributed by atoms with E-state index in [0.29, 0.717) is 17.4 Å². The lowest BCUT2D eigenvalue weighted by Crippen LogP contribution is -2.13. The topological polar surface area (TPSA) is 33.6 Å². The minimum absolute atomic E-state index is 0.118. The highest BCUT2D eigenvalue weighted by Crippen LogP contribution is 2.45. The van der Waals surface area contributed by atoms with Gasteiger partial charge in [0.25, 0.3) is 0 Å². The van der Waals surface area contributed by atoms with E-state index in [4.69, 9.17) is 0 Å². The van der Waals surface area contributed by atoms with Crippen LogP contribution in [0.4, 0.5) is 26.3 Å². The van der Waals surface area contributed by atoms with E-state index in [0.717, 1.165) is 71.9 Å². The van der Waals surface area contributed by atoms with Gasteiger partial charge in [0, 0.05) is 27.1 Å². The van der Waals surface area contributed by atoms with Crippen LogP contribution in [0.5, 0.6) is 0 Å². The molecule has 0 aliphatic rings. The Bertz CT molecular complexity index is 2710. The van der Waals surface area contributed by atoms with Gasteiger partial charge in [-0.1, -0.05) is 54.6 Å². The van der Waals surface area contributed by atoms with Crippen LogP contribution < -0.4 is 0 Å². The number of aromatic nitrogens is 2. The minimum Gasteiger partial charge on any atom is -0.307 e. The van der Waals surface area contributed by atoms with Crippen LogP contribution >= 0.6 is 0 Å². The molecule has 0 bridgehead atoms. The highest BCUT2D eigenvalue weighted by atomic mass is 19.4. The predicted molar refractivity (Wildman–Crippen MR) is 194 cm³/mol. The van der Waals surface area contributed by atoms with E-state index < -0.39 is 29.0 Å². The molecule has 9 heteroatoms. The monoisotopic (exact) mass is 701 g/mol. The number of hydrogen-bond acceptors (Lipinski definition) is 1. The first-order chi connectivity index (χ1) is 24.6. The Hall–Kier alpha value is -6.01. The van der Waals surface area contributed by atoms with Gasteiger partial charge in [-0.15, -0.1) is 0 Å². The van der Waals surface area contributed by atoms with Crippen molar-refractivity contribution in [3.8, 4) is 28.6 Å². The summed E-state index contributed by atoms with van der Waals surface area (Å²) in [6, 6.07) is 30.9. The molecule has 0 aliphatic carbocycles. The summed E-state index contributed by atoms with van der Waals surface area (Å²) >= 11 is 0. The fraction of sp³-hybridized carbons (Fsp3) is 0.140. The van der Waals surface area contributed by atoms with E-state index in [1.807, 2.05) is 110 Å². The minimum atomic E-state index is -5.15. The second-order valence-corrected chi connectivity index (χ2v) is 13.5. The van der Waals surface area contributed by atoms with Crippen LogP contribution in [0.2, 0.25) is 0 Å². The first-order valence-corrected chi connectivity index (χ1v) is 16.5. The maximum atomic E-state index is 14.7. The normalized spacial score (nSPS) is 12.4. The molecule has 0 spiro atoms. The van der Waals surface area contributed by atoms with Gasteiger partial charge >= 0.3 is 12.4 Å². The molecule has 0 saturated carbocycles. The first-order valence-electron chi connectivity index (χ1n) is 16.5. The molecule has 2 heterocycles. The van der Waals surface area contributed by atoms with Crippen molar-refractivity contribution in [3.63, 3.8) is 0 Å². The van der Waals surface area contributed by atoms with Crippen molar-refractivity contribution < 1.29 is 26.3 Å². The Labute approximate surface area is 294 Å². The number of rotatable bonds is 3. The molecule has 8 aromatic rings. The second kappa shape index (κ2) is 11.5. The molecule has 52 heavy (non-hydrogen) atoms. The van der Waals surface area contributed by atoms with Crippen LogP contribution in [0.3, 0.4) is 0 Å². The van der Waals surface area contributed by atoms with Gasteiger partial charge in [0.05, 0.1) is 56.2 Å². The van der Waals surface area contributed by atoms with E-state index in [1.54, 1.807) is 6.07 Å². The quantitative estimate of drug-likeness (QED) is 0.169. The van der Waals surface area contributed by atoms with E-state index >= 15 is 0 Å². The summed E-state index contributed by atoms with van der Waals surface area (Å²) in [6.07, 6.45) is -10.2. The van der Waals surface area contributed by atoms with Crippen LogP contribution in [0.1, 0.15) is 38.9 Å². The third-order valence-electron chi connectivity index (χ3n) is 9.82. The zero-order valence-corrected chi connectivity index (χ0v) is 28.4. The van der Waals surface area contributed by atoms with Gasteiger partial charge in [0.2, 0.25) is 0 Å². The number of alkyl halides is 6. The number of benzene rings is 6. The number of halogens is 6. The van der Waals surface area contributed by atoms with Gasteiger partial charge in [-0.3, -0.25) is 0 Å². The largest absolute Gasteiger partial charge is 0.417 e. The molecule has 0 radical (unpaired) electrons. The van der Waals surface area contributed by atoms with E-state index in [1.165, 1.54) is 6.07 Å². The van der Waals surface area contributed by atoms with Crippen molar-refractivity contribution in [2.75, 3.05) is 0 Å². The molecule has 6 aromatic carbocycles. The fourth-order valence-electron chi connectivity index (χ4n) is 7.44. The number of aryl methyl sites for hydroxylation is 4. The number of fused-ring (bicyclic) bond motifs is 6. The zero-order chi connectivity index (χ0) is 36.9. The molecule has 0 unspecified atom stereocenters. The highest BCUT2D eigenvalue weighted by molar-refractivity contribution is 6.12. The summed E-state index contributed by atoms with van der Waals surface area (Å²) in [5.41, 5.74) is 4.41. The van der Waals surface area contributed by atoms with Crippen molar-refractivity contribution in [1.29, 1.82) is 5.26 Å². The van der Waals surface area contributed by atoms with Crippen LogP contribution in [0.15, 0.2) is 103 Å². The van der Waals surface area contributed by atoms with Gasteiger partial charge in [0.1, 0.15) is 0 Å². The molecule has 0 aliphatic heterocycles. The van der Waals surface area contributed by atoms with Crippen molar-refractivity contribution in [2.45, 2.75) is 40.0 Å². The van der Waals surface area contributed by atoms with Crippen molar-refractivity contribution in [1.82, 2.24) is 9.13 Å². The standard InChI is InChI=1S/C43H29F6N3/c1-23-5-10-30-31-11-6-24(2)16-37(31)51(36(30)15-23)40-19-27(22-50)34(29-14-9-28(42(44,45)46)20-35(29)43(47,48)49)21-41(40)52-38-17-25(3)7-12-32(38)33-13-8-26(4)18-39(33)52/h5-21H,1-4H3. The maximum absolute atomic E-state index is 14.7. The maximum Gasteiger partial charge on any atom is 0.417 e. The van der Waals surface area contributed by atoms with Gasteiger partial charge in [0.15, 0.2) is 0 Å². The highest BCUT2D eigenvalue weighted by Gasteiger charge is 2.39. The number of hydrogen-bond donors (Lipinski definition) is 0. The lowest BCUT2D eigenvalue weighted by Gasteiger charge is -2.21. The Morgan fingerprint density at radius 2 is 0.865 bits per heavy atom. The summed E-state index contributed by atoms with van der Waals surface area (Å²) < 4.78 is 89.3. The van der Waals surface area contributed by atoms with Crippen LogP contribution in [0, 0.1) is 39.0 Å². The molecule has 0 amide bonds. The third kappa shape index (κ3) is 5.20. The van der Waals surface area contributed by atoms with Crippen LogP contribution in [-0.4, -0.2) is 9.13 Å². The number of nitrogens with zero attached hydrogens (tertiary/aromatic N) is 3. The average molecular weight is 702 g/mol. The Morgan fingerprint density at radius 3 is 1.23 bits per heavy atom. The Morgan fingerprint density at radius 1 is 0.462 bits per heavy atom. The van der Waals surface area contributed by atoms with Crippen LogP contribution in [0.25, 0.3) is 66.1 Å². The summed E-state index contributed by atoms with van der Waals surface area (Å²) in [5, 5.41) is 14.3. The molecular formula is C43H29F6N3. The summed E-state index contributed by atoms with van der Waals surface area (Å²) in [7, 11) is 0. The first kappa shape index (κ1) is 33.2. The Balaban J connectivity index is 1.60. The lowest BCUT2D eigenvalue weighted by atomic mass is 9.92. The lowest BCUT2D eigenvalue weighted by molar-refractivity contribution is -0.142. The van der Waals surface area contributed by atoms with Crippen molar-refractivity contribution in [2.24, 2.45) is 0 Å².